The number of ether oxygens (including phenoxy) is 1. The van der Waals surface area contributed by atoms with E-state index >= 15 is 0 Å². The highest BCUT2D eigenvalue weighted by atomic mass is 16.5. The van der Waals surface area contributed by atoms with Crippen LogP contribution in [0.15, 0.2) is 0 Å². The zero-order valence-corrected chi connectivity index (χ0v) is 14.0. The number of aliphatic carboxylic acids is 1. The van der Waals surface area contributed by atoms with Crippen molar-refractivity contribution in [2.24, 2.45) is 5.92 Å². The van der Waals surface area contributed by atoms with Crippen LogP contribution in [-0.4, -0.2) is 35.9 Å². The summed E-state index contributed by atoms with van der Waals surface area (Å²) in [5, 5.41) is 12.8. The van der Waals surface area contributed by atoms with Crippen molar-refractivity contribution in [3.8, 4) is 0 Å². The van der Waals surface area contributed by atoms with E-state index in [-0.39, 0.29) is 0 Å². The van der Waals surface area contributed by atoms with E-state index in [1.165, 1.54) is 12.8 Å². The van der Waals surface area contributed by atoms with Crippen molar-refractivity contribution in [3.05, 3.63) is 0 Å². The zero-order valence-electron chi connectivity index (χ0n) is 14.0. The van der Waals surface area contributed by atoms with Crippen LogP contribution in [0.2, 0.25) is 0 Å². The maximum atomic E-state index is 11.6. The predicted molar refractivity (Wildman–Crippen MR) is 85.6 cm³/mol. The minimum absolute atomic E-state index is 0.387. The normalized spacial score (nSPS) is 25.5. The van der Waals surface area contributed by atoms with Gasteiger partial charge in [-0.3, -0.25) is 4.79 Å². The molecular formula is C17H33NO3. The molecule has 0 aliphatic heterocycles. The van der Waals surface area contributed by atoms with Gasteiger partial charge in [-0.25, -0.2) is 0 Å². The second kappa shape index (κ2) is 9.42. The summed E-state index contributed by atoms with van der Waals surface area (Å²) in [6.45, 7) is 7.72. The fourth-order valence-electron chi connectivity index (χ4n) is 3.24. The van der Waals surface area contributed by atoms with Gasteiger partial charge in [0, 0.05) is 6.61 Å². The van der Waals surface area contributed by atoms with E-state index in [9.17, 15) is 9.90 Å². The lowest BCUT2D eigenvalue weighted by molar-refractivity contribution is -0.145. The topological polar surface area (TPSA) is 58.6 Å². The first-order valence-electron chi connectivity index (χ1n) is 8.64. The van der Waals surface area contributed by atoms with Gasteiger partial charge in [-0.15, -0.1) is 0 Å². The van der Waals surface area contributed by atoms with Crippen molar-refractivity contribution in [2.45, 2.75) is 83.8 Å². The van der Waals surface area contributed by atoms with Crippen molar-refractivity contribution in [1.82, 2.24) is 5.32 Å². The smallest absolute Gasteiger partial charge is 0.323 e. The maximum Gasteiger partial charge on any atom is 0.323 e. The van der Waals surface area contributed by atoms with Crippen LogP contribution in [0.4, 0.5) is 0 Å². The van der Waals surface area contributed by atoms with Crippen LogP contribution in [0.3, 0.4) is 0 Å². The van der Waals surface area contributed by atoms with E-state index in [1.807, 2.05) is 6.92 Å². The number of hydrogen-bond donors (Lipinski definition) is 2. The van der Waals surface area contributed by atoms with Crippen LogP contribution in [0.25, 0.3) is 0 Å². The van der Waals surface area contributed by atoms with Crippen molar-refractivity contribution in [3.63, 3.8) is 0 Å². The summed E-state index contributed by atoms with van der Waals surface area (Å²) >= 11 is 0. The van der Waals surface area contributed by atoms with E-state index in [0.717, 1.165) is 38.1 Å². The van der Waals surface area contributed by atoms with Gasteiger partial charge in [0.25, 0.3) is 0 Å². The molecule has 0 radical (unpaired) electrons. The Balaban J connectivity index is 2.34. The van der Waals surface area contributed by atoms with E-state index < -0.39 is 11.5 Å². The molecule has 0 aromatic rings. The van der Waals surface area contributed by atoms with Gasteiger partial charge in [0.1, 0.15) is 5.54 Å². The Kier molecular flexibility index (Phi) is 8.27. The Hall–Kier alpha value is -0.610. The molecule has 0 saturated heterocycles. The third kappa shape index (κ3) is 5.95. The lowest BCUT2D eigenvalue weighted by Gasteiger charge is -2.30. The molecule has 21 heavy (non-hydrogen) atoms. The van der Waals surface area contributed by atoms with E-state index in [4.69, 9.17) is 4.74 Å². The summed E-state index contributed by atoms with van der Waals surface area (Å²) in [6.07, 6.45) is 8.30. The van der Waals surface area contributed by atoms with Crippen LogP contribution < -0.4 is 5.32 Å². The van der Waals surface area contributed by atoms with Gasteiger partial charge in [-0.05, 0) is 51.0 Å². The molecule has 0 bridgehead atoms. The second-order valence-corrected chi connectivity index (χ2v) is 6.54. The van der Waals surface area contributed by atoms with Crippen molar-refractivity contribution >= 4 is 5.97 Å². The number of nitrogens with one attached hydrogen (secondary N) is 1. The number of carbonyl (C=O) groups is 1. The second-order valence-electron chi connectivity index (χ2n) is 6.54. The van der Waals surface area contributed by atoms with Crippen molar-refractivity contribution in [1.29, 1.82) is 0 Å². The number of rotatable bonds is 10. The Morgan fingerprint density at radius 2 is 2.14 bits per heavy atom. The molecule has 0 spiro atoms. The lowest BCUT2D eigenvalue weighted by Crippen LogP contribution is -2.52. The van der Waals surface area contributed by atoms with Crippen molar-refractivity contribution < 1.29 is 14.6 Å². The zero-order chi connectivity index (χ0) is 15.7. The molecule has 0 aromatic heterocycles. The quantitative estimate of drug-likeness (QED) is 0.605. The van der Waals surface area contributed by atoms with Crippen LogP contribution in [-0.2, 0) is 9.53 Å². The molecule has 1 fully saturated rings. The lowest BCUT2D eigenvalue weighted by atomic mass is 9.88. The van der Waals surface area contributed by atoms with Crippen LogP contribution >= 0.6 is 0 Å². The van der Waals surface area contributed by atoms with E-state index in [2.05, 4.69) is 19.2 Å². The molecule has 0 aromatic carbocycles. The highest BCUT2D eigenvalue weighted by Gasteiger charge is 2.35. The predicted octanol–water partition coefficient (Wildman–Crippen LogP) is 3.59. The summed E-state index contributed by atoms with van der Waals surface area (Å²) in [5.41, 5.74) is -0.779. The minimum atomic E-state index is -0.779. The number of carboxylic acid groups (broad SMARTS) is 1. The molecule has 3 atom stereocenters. The molecule has 4 nitrogen and oxygen atoms in total. The Morgan fingerprint density at radius 3 is 2.71 bits per heavy atom. The summed E-state index contributed by atoms with van der Waals surface area (Å²) in [4.78, 5) is 11.6. The first-order valence-corrected chi connectivity index (χ1v) is 8.64. The third-order valence-electron chi connectivity index (χ3n) is 4.72. The Labute approximate surface area is 129 Å². The van der Waals surface area contributed by atoms with Gasteiger partial charge in [0.2, 0.25) is 0 Å². The molecule has 2 N–H and O–H groups in total. The number of hydrogen-bond acceptors (Lipinski definition) is 3. The highest BCUT2D eigenvalue weighted by molar-refractivity contribution is 5.78. The van der Waals surface area contributed by atoms with Gasteiger partial charge >= 0.3 is 5.97 Å². The van der Waals surface area contributed by atoms with Gasteiger partial charge in [-0.1, -0.05) is 33.6 Å². The van der Waals surface area contributed by atoms with Crippen LogP contribution in [0, 0.1) is 5.92 Å². The third-order valence-corrected chi connectivity index (χ3v) is 4.72. The SMILES string of the molecule is CCCNC(CC)(CCCOC1CCCC(C)C1)C(=O)O. The highest BCUT2D eigenvalue weighted by Crippen LogP contribution is 2.26. The standard InChI is InChI=1S/C17H33NO3/c1-4-11-18-17(5-2,16(19)20)10-7-12-21-15-9-6-8-14(3)13-15/h14-15,18H,4-13H2,1-3H3,(H,19,20). The van der Waals surface area contributed by atoms with Gasteiger partial charge in [-0.2, -0.15) is 0 Å². The van der Waals surface area contributed by atoms with E-state index in [0.29, 0.717) is 25.6 Å². The molecule has 1 rings (SSSR count). The summed E-state index contributed by atoms with van der Waals surface area (Å²) in [6, 6.07) is 0. The Morgan fingerprint density at radius 1 is 1.38 bits per heavy atom. The van der Waals surface area contributed by atoms with Crippen molar-refractivity contribution in [2.75, 3.05) is 13.2 Å². The molecule has 1 aliphatic rings. The minimum Gasteiger partial charge on any atom is -0.480 e. The molecule has 124 valence electrons. The molecule has 1 saturated carbocycles. The van der Waals surface area contributed by atoms with Gasteiger partial charge in [0.05, 0.1) is 6.10 Å². The van der Waals surface area contributed by atoms with Crippen LogP contribution in [0.5, 0.6) is 0 Å². The number of carboxylic acids is 1. The van der Waals surface area contributed by atoms with Gasteiger partial charge < -0.3 is 15.2 Å². The molecule has 1 aliphatic carbocycles. The first kappa shape index (κ1) is 18.4. The summed E-state index contributed by atoms with van der Waals surface area (Å²) in [7, 11) is 0. The Bertz CT molecular complexity index is 308. The molecule has 0 heterocycles. The fourth-order valence-corrected chi connectivity index (χ4v) is 3.24. The molecular weight excluding hydrogens is 266 g/mol. The average Bonchev–Trinajstić information content (AvgIpc) is 2.46. The van der Waals surface area contributed by atoms with E-state index in [1.54, 1.807) is 0 Å². The molecule has 4 heteroatoms. The van der Waals surface area contributed by atoms with Crippen LogP contribution in [0.1, 0.15) is 72.1 Å². The first-order chi connectivity index (χ1) is 10.0. The molecule has 0 amide bonds. The van der Waals surface area contributed by atoms with Gasteiger partial charge in [0.15, 0.2) is 0 Å². The monoisotopic (exact) mass is 299 g/mol. The fraction of sp³-hybridized carbons (Fsp3) is 0.941. The summed E-state index contributed by atoms with van der Waals surface area (Å²) in [5.74, 6) is 0.0356. The molecule has 3 unspecified atom stereocenters. The maximum absolute atomic E-state index is 11.6. The largest absolute Gasteiger partial charge is 0.480 e. The summed E-state index contributed by atoms with van der Waals surface area (Å²) < 4.78 is 5.96. The average molecular weight is 299 g/mol.